The second kappa shape index (κ2) is 17.1. The van der Waals surface area contributed by atoms with Crippen LogP contribution in [-0.2, 0) is 17.5 Å². The van der Waals surface area contributed by atoms with Gasteiger partial charge in [0.25, 0.3) is 17.7 Å². The zero-order chi connectivity index (χ0) is 43.7. The van der Waals surface area contributed by atoms with Crippen LogP contribution in [0.25, 0.3) is 0 Å². The van der Waals surface area contributed by atoms with Gasteiger partial charge in [-0.25, -0.2) is 14.8 Å². The third-order valence-electron chi connectivity index (χ3n) is 10.9. The van der Waals surface area contributed by atoms with Gasteiger partial charge in [-0.1, -0.05) is 18.2 Å². The lowest BCUT2D eigenvalue weighted by Crippen LogP contribution is -2.58. The van der Waals surface area contributed by atoms with Gasteiger partial charge in [-0.3, -0.25) is 29.4 Å². The quantitative estimate of drug-likeness (QED) is 0.114. The Hall–Kier alpha value is -6.69. The molecule has 0 radical (unpaired) electrons. The third-order valence-corrected chi connectivity index (χ3v) is 10.9. The van der Waals surface area contributed by atoms with E-state index in [4.69, 9.17) is 4.74 Å². The molecule has 0 saturated carbocycles. The van der Waals surface area contributed by atoms with Crippen LogP contribution in [0.3, 0.4) is 0 Å². The van der Waals surface area contributed by atoms with Gasteiger partial charge in [-0.2, -0.15) is 18.2 Å². The Bertz CT molecular complexity index is 2400. The summed E-state index contributed by atoms with van der Waals surface area (Å²) in [5, 5.41) is 12.4. The number of imide groups is 2. The third kappa shape index (κ3) is 8.94. The number of pyridine rings is 1. The van der Waals surface area contributed by atoms with Crippen LogP contribution in [0, 0.1) is 6.92 Å². The summed E-state index contributed by atoms with van der Waals surface area (Å²) in [6.45, 7) is 7.61. The van der Waals surface area contributed by atoms with Crippen LogP contribution in [0.4, 0.5) is 46.5 Å². The van der Waals surface area contributed by atoms with Gasteiger partial charge >= 0.3 is 12.2 Å². The monoisotopic (exact) mass is 841 g/mol. The Morgan fingerprint density at radius 1 is 0.934 bits per heavy atom. The molecule has 0 aliphatic carbocycles. The lowest BCUT2D eigenvalue weighted by Gasteiger charge is -2.38. The summed E-state index contributed by atoms with van der Waals surface area (Å²) in [5.41, 5.74) is 2.70. The van der Waals surface area contributed by atoms with Crippen molar-refractivity contribution in [1.29, 1.82) is 0 Å². The maximum Gasteiger partial charge on any atom is 0.419 e. The van der Waals surface area contributed by atoms with Gasteiger partial charge in [0, 0.05) is 63.2 Å². The number of fused-ring (bicyclic) bond motifs is 1. The number of alkyl halides is 3. The van der Waals surface area contributed by atoms with Crippen molar-refractivity contribution < 1.29 is 41.9 Å². The number of anilines is 5. The number of amides is 6. The van der Waals surface area contributed by atoms with Crippen molar-refractivity contribution in [1.82, 2.24) is 30.5 Å². The van der Waals surface area contributed by atoms with E-state index >= 15 is 0 Å². The first-order valence-corrected chi connectivity index (χ1v) is 19.8. The molecular weight excluding hydrogens is 796 g/mol. The van der Waals surface area contributed by atoms with E-state index in [2.05, 4.69) is 36.1 Å². The molecule has 3 aliphatic heterocycles. The first kappa shape index (κ1) is 42.4. The molecule has 3 aromatic carbocycles. The number of carbonyl (C=O) groups is 5. The summed E-state index contributed by atoms with van der Waals surface area (Å²) in [5.74, 6) is -1.53. The number of piperidine rings is 1. The highest BCUT2D eigenvalue weighted by Crippen LogP contribution is 2.40. The Balaban J connectivity index is 1.04. The molecule has 2 fully saturated rings. The molecule has 1 aromatic heterocycles. The van der Waals surface area contributed by atoms with E-state index in [-0.39, 0.29) is 59.0 Å². The smallest absolute Gasteiger partial charge is 0.419 e. The molecular formula is C43H46F3N9O6. The number of aromatic nitrogens is 1. The van der Waals surface area contributed by atoms with Crippen molar-refractivity contribution in [2.45, 2.75) is 64.9 Å². The van der Waals surface area contributed by atoms with E-state index < -0.39 is 41.4 Å². The van der Waals surface area contributed by atoms with Crippen LogP contribution in [0.1, 0.15) is 80.9 Å². The van der Waals surface area contributed by atoms with Crippen LogP contribution < -0.4 is 30.9 Å². The summed E-state index contributed by atoms with van der Waals surface area (Å²) in [4.78, 5) is 71.6. The van der Waals surface area contributed by atoms with Crippen LogP contribution >= 0.6 is 0 Å². The largest absolute Gasteiger partial charge is 0.489 e. The highest BCUT2D eigenvalue weighted by molar-refractivity contribution is 6.22. The number of hydrogen-bond donors (Lipinski definition) is 4. The first-order valence-electron chi connectivity index (χ1n) is 19.8. The number of aryl methyl sites for hydroxylation is 1. The fourth-order valence-corrected chi connectivity index (χ4v) is 7.83. The maximum absolute atomic E-state index is 14.2. The van der Waals surface area contributed by atoms with E-state index in [1.807, 2.05) is 40.0 Å². The number of hydrogen-bond acceptors (Lipinski definition) is 11. The number of nitrogens with zero attached hydrogens (tertiary/aromatic N) is 5. The Labute approximate surface area is 350 Å². The summed E-state index contributed by atoms with van der Waals surface area (Å²) in [6.07, 6.45) is -2.58. The lowest BCUT2D eigenvalue weighted by atomic mass is 10.00. The van der Waals surface area contributed by atoms with Crippen LogP contribution in [0.5, 0.6) is 5.75 Å². The van der Waals surface area contributed by atoms with Gasteiger partial charge in [0.15, 0.2) is 0 Å². The normalized spacial score (nSPS) is 16.0. The van der Waals surface area contributed by atoms with Crippen molar-refractivity contribution in [3.05, 3.63) is 100 Å². The molecule has 61 heavy (non-hydrogen) atoms. The number of urea groups is 1. The van der Waals surface area contributed by atoms with Gasteiger partial charge in [-0.15, -0.1) is 0 Å². The van der Waals surface area contributed by atoms with Crippen molar-refractivity contribution in [3.8, 4) is 5.75 Å². The highest BCUT2D eigenvalue weighted by Gasteiger charge is 2.43. The molecule has 0 unspecified atom stereocenters. The van der Waals surface area contributed by atoms with Crippen LogP contribution in [0.15, 0.2) is 66.9 Å². The predicted molar refractivity (Wildman–Crippen MR) is 221 cm³/mol. The zero-order valence-corrected chi connectivity index (χ0v) is 34.3. The fourth-order valence-electron chi connectivity index (χ4n) is 7.83. The Morgan fingerprint density at radius 3 is 2.34 bits per heavy atom. The number of ether oxygens (including phenoxy) is 1. The molecule has 0 spiro atoms. The number of nitrogens with one attached hydrogen (secondary N) is 4. The zero-order valence-electron chi connectivity index (χ0n) is 34.3. The topological polar surface area (TPSA) is 169 Å². The highest BCUT2D eigenvalue weighted by atomic mass is 19.4. The molecule has 3 aliphatic rings. The van der Waals surface area contributed by atoms with Gasteiger partial charge in [-0.05, 0) is 82.1 Å². The molecule has 18 heteroatoms. The average Bonchev–Trinajstić information content (AvgIpc) is 3.46. The molecule has 15 nitrogen and oxygen atoms in total. The minimum Gasteiger partial charge on any atom is -0.489 e. The van der Waals surface area contributed by atoms with Crippen LogP contribution in [-0.4, -0.2) is 95.4 Å². The molecule has 4 N–H and O–H groups in total. The Morgan fingerprint density at radius 2 is 1.66 bits per heavy atom. The predicted octanol–water partition coefficient (Wildman–Crippen LogP) is 6.60. The fraction of sp³-hybridized carbons (Fsp3) is 0.349. The number of carbonyl (C=O) groups excluding carboxylic acids is 5. The molecule has 6 amide bonds. The molecule has 0 bridgehead atoms. The van der Waals surface area contributed by atoms with E-state index in [1.165, 1.54) is 25.2 Å². The molecule has 2 saturated heterocycles. The summed E-state index contributed by atoms with van der Waals surface area (Å²) < 4.78 is 48.8. The summed E-state index contributed by atoms with van der Waals surface area (Å²) >= 11 is 0. The van der Waals surface area contributed by atoms with E-state index in [9.17, 15) is 37.1 Å². The average molecular weight is 842 g/mol. The van der Waals surface area contributed by atoms with Gasteiger partial charge < -0.3 is 25.6 Å². The molecule has 4 aromatic rings. The second-order valence-electron chi connectivity index (χ2n) is 15.5. The molecule has 320 valence electrons. The number of rotatable bonds is 12. The first-order chi connectivity index (χ1) is 29.0. The summed E-state index contributed by atoms with van der Waals surface area (Å²) in [6, 6.07) is 15.8. The maximum atomic E-state index is 14.2. The van der Waals surface area contributed by atoms with Crippen molar-refractivity contribution in [2.75, 3.05) is 49.3 Å². The van der Waals surface area contributed by atoms with Crippen molar-refractivity contribution in [2.24, 2.45) is 0 Å². The number of para-hydroxylation sites is 1. The SMILES string of the molecule is CNC(=O)c1ccccc1Nc1cc(Nc2cc(C)c(N3CCC(N(C)Cc4ccc5c(c4)C(=O)N(N4CCC(=O)NC4=O)C5=O)CC3)cc2OC(C)C)ncc1C(F)(F)F. The number of benzene rings is 3. The van der Waals surface area contributed by atoms with E-state index in [0.717, 1.165) is 59.0 Å². The van der Waals surface area contributed by atoms with Crippen molar-refractivity contribution in [3.63, 3.8) is 0 Å². The molecule has 4 heterocycles. The summed E-state index contributed by atoms with van der Waals surface area (Å²) in [7, 11) is 3.45. The molecule has 7 rings (SSSR count). The van der Waals surface area contributed by atoms with Crippen LogP contribution in [0.2, 0.25) is 0 Å². The van der Waals surface area contributed by atoms with Gasteiger partial charge in [0.1, 0.15) is 11.6 Å². The minimum atomic E-state index is -4.73. The van der Waals surface area contributed by atoms with Gasteiger partial charge in [0.2, 0.25) is 5.91 Å². The number of hydrazine groups is 1. The number of halogens is 3. The standard InChI is InChI=1S/C43H46F3N9O6/c1-24(2)61-36-21-35(25(3)18-34(36)50-37-20-33(31(22-48-37)43(44,45)46)49-32-9-7-6-8-29(32)39(57)47-4)53-15-12-27(13-16-53)52(5)23-26-10-11-28-30(19-26)41(59)55(40(28)58)54-17-14-38(56)51-42(54)60/h6-11,18-22,24,27H,12-17,23H2,1-5H3,(H,47,57)(H2,48,49,50)(H,51,56,60). The molecule has 0 atom stereocenters. The minimum absolute atomic E-state index is 0.0219. The van der Waals surface area contributed by atoms with E-state index in [1.54, 1.807) is 30.3 Å². The second-order valence-corrected chi connectivity index (χ2v) is 15.5. The lowest BCUT2D eigenvalue weighted by molar-refractivity contribution is -0.137. The van der Waals surface area contributed by atoms with Crippen molar-refractivity contribution >= 4 is 58.2 Å². The van der Waals surface area contributed by atoms with Gasteiger partial charge in [0.05, 0.1) is 52.0 Å². The Kier molecular flexibility index (Phi) is 11.9. The van der Waals surface area contributed by atoms with E-state index in [0.29, 0.717) is 18.0 Å².